The van der Waals surface area contributed by atoms with Crippen LogP contribution < -0.4 is 0 Å². The molecule has 0 saturated heterocycles. The van der Waals surface area contributed by atoms with Crippen molar-refractivity contribution < 1.29 is 4.74 Å². The Morgan fingerprint density at radius 1 is 1.42 bits per heavy atom. The molecule has 0 spiro atoms. The third-order valence-electron chi connectivity index (χ3n) is 1.02. The maximum Gasteiger partial charge on any atom is 0.174 e. The molecule has 0 aromatic heterocycles. The number of ether oxygens (including phenoxy) is 1. The van der Waals surface area contributed by atoms with E-state index in [1.807, 2.05) is 38.2 Å². The van der Waals surface area contributed by atoms with E-state index in [1.54, 1.807) is 0 Å². The van der Waals surface area contributed by atoms with E-state index >= 15 is 0 Å². The van der Waals surface area contributed by atoms with Gasteiger partial charge in [0.15, 0.2) is 6.40 Å². The van der Waals surface area contributed by atoms with Gasteiger partial charge in [-0.1, -0.05) is 32.6 Å². The molecule has 1 aliphatic rings. The van der Waals surface area contributed by atoms with Gasteiger partial charge in [0.1, 0.15) is 6.61 Å². The van der Waals surface area contributed by atoms with Crippen LogP contribution in [0, 0.1) is 0 Å². The van der Waals surface area contributed by atoms with E-state index in [-0.39, 0.29) is 0 Å². The minimum atomic E-state index is 0.571. The number of hydrogen-bond donors (Lipinski definition) is 0. The fourth-order valence-electron chi connectivity index (χ4n) is 0.547. The molecule has 0 aliphatic carbocycles. The van der Waals surface area contributed by atoms with Gasteiger partial charge in [-0.3, -0.25) is 0 Å². The fraction of sp³-hybridized carbons (Fsp3) is 0.300. The summed E-state index contributed by atoms with van der Waals surface area (Å²) in [7, 11) is 0. The molecule has 0 N–H and O–H groups in total. The summed E-state index contributed by atoms with van der Waals surface area (Å²) in [6.45, 7) is 8.23. The standard InChI is InChI=1S/C8H9NO.C2H6/c1-8-5-3-2-4-6-10-7-9-8;1-2/h2-5,7H,1,6H2;1-2H3/b4-2-,5-3-,9-7?;. The second-order valence-corrected chi connectivity index (χ2v) is 1.85. The SMILES string of the molecule is C=C1/C=C\C=C/COC=N1.CC. The lowest BCUT2D eigenvalue weighted by atomic mass is 10.4. The van der Waals surface area contributed by atoms with Crippen molar-refractivity contribution in [2.24, 2.45) is 4.99 Å². The third kappa shape index (κ3) is 5.47. The Hall–Kier alpha value is -1.31. The smallest absolute Gasteiger partial charge is 0.174 e. The molecular formula is C10H15NO. The van der Waals surface area contributed by atoms with Crippen molar-refractivity contribution in [2.75, 3.05) is 6.61 Å². The summed E-state index contributed by atoms with van der Waals surface area (Å²) < 4.78 is 4.95. The normalized spacial score (nSPS) is 20.3. The van der Waals surface area contributed by atoms with E-state index in [9.17, 15) is 0 Å². The fourth-order valence-corrected chi connectivity index (χ4v) is 0.547. The van der Waals surface area contributed by atoms with Gasteiger partial charge in [0.2, 0.25) is 0 Å². The summed E-state index contributed by atoms with van der Waals surface area (Å²) >= 11 is 0. The molecule has 12 heavy (non-hydrogen) atoms. The Labute approximate surface area is 74.0 Å². The quantitative estimate of drug-likeness (QED) is 0.540. The molecule has 66 valence electrons. The van der Waals surface area contributed by atoms with Crippen LogP contribution in [0.15, 0.2) is 41.6 Å². The van der Waals surface area contributed by atoms with E-state index < -0.39 is 0 Å². The summed E-state index contributed by atoms with van der Waals surface area (Å²) in [4.78, 5) is 3.88. The second kappa shape index (κ2) is 7.79. The van der Waals surface area contributed by atoms with Crippen molar-refractivity contribution in [2.45, 2.75) is 13.8 Å². The molecule has 0 bridgehead atoms. The lowest BCUT2D eigenvalue weighted by Crippen LogP contribution is -1.85. The molecule has 1 aliphatic heterocycles. The van der Waals surface area contributed by atoms with Gasteiger partial charge in [-0.05, 0) is 12.2 Å². The monoisotopic (exact) mass is 165 g/mol. The highest BCUT2D eigenvalue weighted by Crippen LogP contribution is 1.95. The Kier molecular flexibility index (Phi) is 6.94. The molecule has 0 fully saturated rings. The lowest BCUT2D eigenvalue weighted by molar-refractivity contribution is 0.367. The average Bonchev–Trinajstić information content (AvgIpc) is 2.22. The zero-order valence-corrected chi connectivity index (χ0v) is 7.66. The molecular weight excluding hydrogens is 150 g/mol. The molecule has 0 aromatic rings. The Morgan fingerprint density at radius 2 is 2.17 bits per heavy atom. The average molecular weight is 165 g/mol. The predicted octanol–water partition coefficient (Wildman–Crippen LogP) is 2.70. The van der Waals surface area contributed by atoms with Crippen molar-refractivity contribution in [3.05, 3.63) is 36.6 Å². The largest absolute Gasteiger partial charge is 0.479 e. The number of rotatable bonds is 0. The highest BCUT2D eigenvalue weighted by atomic mass is 16.5. The van der Waals surface area contributed by atoms with Crippen molar-refractivity contribution in [1.82, 2.24) is 0 Å². The van der Waals surface area contributed by atoms with E-state index in [2.05, 4.69) is 11.6 Å². The van der Waals surface area contributed by atoms with Gasteiger partial charge in [0.05, 0.1) is 5.70 Å². The summed E-state index contributed by atoms with van der Waals surface area (Å²) in [5.74, 6) is 0. The van der Waals surface area contributed by atoms with Gasteiger partial charge in [0, 0.05) is 0 Å². The molecule has 2 heteroatoms. The van der Waals surface area contributed by atoms with Gasteiger partial charge in [-0.2, -0.15) is 0 Å². The summed E-state index contributed by atoms with van der Waals surface area (Å²) in [6.07, 6.45) is 8.92. The molecule has 0 aromatic carbocycles. The number of nitrogens with zero attached hydrogens (tertiary/aromatic N) is 1. The first kappa shape index (κ1) is 10.7. The van der Waals surface area contributed by atoms with Crippen molar-refractivity contribution >= 4 is 6.40 Å². The molecule has 0 amide bonds. The first-order chi connectivity index (χ1) is 5.89. The van der Waals surface area contributed by atoms with Crippen molar-refractivity contribution in [1.29, 1.82) is 0 Å². The molecule has 0 radical (unpaired) electrons. The number of hydrogen-bond acceptors (Lipinski definition) is 2. The first-order valence-electron chi connectivity index (χ1n) is 4.06. The van der Waals surface area contributed by atoms with Crippen LogP contribution in [0.2, 0.25) is 0 Å². The minimum absolute atomic E-state index is 0.571. The molecule has 1 rings (SSSR count). The maximum atomic E-state index is 4.95. The van der Waals surface area contributed by atoms with E-state index in [0.29, 0.717) is 12.3 Å². The van der Waals surface area contributed by atoms with Gasteiger partial charge in [0.25, 0.3) is 0 Å². The van der Waals surface area contributed by atoms with Crippen LogP contribution in [0.25, 0.3) is 0 Å². The molecule has 1 heterocycles. The Balaban J connectivity index is 0.000000561. The zero-order valence-electron chi connectivity index (χ0n) is 7.66. The predicted molar refractivity (Wildman–Crippen MR) is 53.2 cm³/mol. The summed E-state index contributed by atoms with van der Waals surface area (Å²) in [6, 6.07) is 0. The highest BCUT2D eigenvalue weighted by molar-refractivity contribution is 5.50. The highest BCUT2D eigenvalue weighted by Gasteiger charge is 1.82. The first-order valence-corrected chi connectivity index (χ1v) is 4.06. The van der Waals surface area contributed by atoms with Crippen LogP contribution in [0.5, 0.6) is 0 Å². The van der Waals surface area contributed by atoms with Crippen LogP contribution in [0.4, 0.5) is 0 Å². The molecule has 2 nitrogen and oxygen atoms in total. The Morgan fingerprint density at radius 3 is 2.92 bits per heavy atom. The third-order valence-corrected chi connectivity index (χ3v) is 1.02. The van der Waals surface area contributed by atoms with Gasteiger partial charge < -0.3 is 4.74 Å². The topological polar surface area (TPSA) is 21.6 Å². The molecule has 0 unspecified atom stereocenters. The van der Waals surface area contributed by atoms with Crippen LogP contribution in [-0.4, -0.2) is 13.0 Å². The summed E-state index contributed by atoms with van der Waals surface area (Å²) in [5, 5.41) is 0. The van der Waals surface area contributed by atoms with Crippen LogP contribution in [-0.2, 0) is 4.74 Å². The van der Waals surface area contributed by atoms with Gasteiger partial charge >= 0.3 is 0 Å². The van der Waals surface area contributed by atoms with Crippen LogP contribution >= 0.6 is 0 Å². The zero-order chi connectivity index (χ0) is 9.23. The lowest BCUT2D eigenvalue weighted by Gasteiger charge is -1.90. The minimum Gasteiger partial charge on any atom is -0.479 e. The van der Waals surface area contributed by atoms with Crippen LogP contribution in [0.3, 0.4) is 0 Å². The van der Waals surface area contributed by atoms with Crippen molar-refractivity contribution in [3.63, 3.8) is 0 Å². The summed E-state index contributed by atoms with van der Waals surface area (Å²) in [5.41, 5.74) is 0.701. The maximum absolute atomic E-state index is 4.95. The Bertz CT molecular complexity index is 202. The van der Waals surface area contributed by atoms with E-state index in [1.165, 1.54) is 6.40 Å². The molecule has 0 saturated carbocycles. The van der Waals surface area contributed by atoms with Crippen molar-refractivity contribution in [3.8, 4) is 0 Å². The number of allylic oxidation sites excluding steroid dienone is 3. The van der Waals surface area contributed by atoms with E-state index in [0.717, 1.165) is 0 Å². The van der Waals surface area contributed by atoms with E-state index in [4.69, 9.17) is 4.74 Å². The molecule has 0 atom stereocenters. The van der Waals surface area contributed by atoms with Gasteiger partial charge in [-0.25, -0.2) is 4.99 Å². The van der Waals surface area contributed by atoms with Gasteiger partial charge in [-0.15, -0.1) is 0 Å². The van der Waals surface area contributed by atoms with Crippen LogP contribution in [0.1, 0.15) is 13.8 Å². The second-order valence-electron chi connectivity index (χ2n) is 1.85. The number of aliphatic imine (C=N–C) groups is 1.